The van der Waals surface area contributed by atoms with Crippen LogP contribution in [0.2, 0.25) is 0 Å². The molecular weight excluding hydrogens is 188 g/mol. The highest BCUT2D eigenvalue weighted by molar-refractivity contribution is 5.06. The van der Waals surface area contributed by atoms with Gasteiger partial charge in [-0.05, 0) is 37.3 Å². The Hall–Kier alpha value is -0.800. The largest absolute Gasteiger partial charge is 0.463 e. The molecule has 3 heteroatoms. The topological polar surface area (TPSA) is 51.2 Å². The molecule has 0 aromatic carbocycles. The Morgan fingerprint density at radius 3 is 2.80 bits per heavy atom. The van der Waals surface area contributed by atoms with Crippen molar-refractivity contribution in [2.45, 2.75) is 45.3 Å². The fraction of sp³-hybridized carbons (Fsp3) is 0.667. The molecule has 15 heavy (non-hydrogen) atoms. The first kappa shape index (κ1) is 10.7. The summed E-state index contributed by atoms with van der Waals surface area (Å²) in [7, 11) is 0. The van der Waals surface area contributed by atoms with Crippen molar-refractivity contribution in [1.82, 2.24) is 5.32 Å². The molecule has 1 aliphatic carbocycles. The van der Waals surface area contributed by atoms with Crippen LogP contribution < -0.4 is 11.1 Å². The van der Waals surface area contributed by atoms with E-state index in [1.54, 1.807) is 0 Å². The molecule has 1 heterocycles. The monoisotopic (exact) mass is 208 g/mol. The van der Waals surface area contributed by atoms with Crippen molar-refractivity contribution < 1.29 is 4.42 Å². The van der Waals surface area contributed by atoms with E-state index in [1.165, 1.54) is 19.3 Å². The molecule has 0 spiro atoms. The maximum Gasteiger partial charge on any atom is 0.118 e. The SMILES string of the molecule is CC1CCC(NCc2ccc(CN)o2)C1. The molecule has 0 amide bonds. The zero-order valence-corrected chi connectivity index (χ0v) is 9.33. The Morgan fingerprint density at radius 2 is 2.20 bits per heavy atom. The third kappa shape index (κ3) is 2.83. The average molecular weight is 208 g/mol. The third-order valence-electron chi connectivity index (χ3n) is 3.18. The normalized spacial score (nSPS) is 26.0. The molecule has 1 saturated carbocycles. The van der Waals surface area contributed by atoms with E-state index >= 15 is 0 Å². The van der Waals surface area contributed by atoms with Crippen molar-refractivity contribution in [3.63, 3.8) is 0 Å². The van der Waals surface area contributed by atoms with Gasteiger partial charge < -0.3 is 15.5 Å². The molecule has 1 aliphatic rings. The summed E-state index contributed by atoms with van der Waals surface area (Å²) in [5, 5.41) is 3.53. The van der Waals surface area contributed by atoms with Gasteiger partial charge in [0.2, 0.25) is 0 Å². The first-order chi connectivity index (χ1) is 7.28. The fourth-order valence-corrected chi connectivity index (χ4v) is 2.26. The molecule has 0 saturated heterocycles. The van der Waals surface area contributed by atoms with E-state index in [1.807, 2.05) is 12.1 Å². The van der Waals surface area contributed by atoms with Gasteiger partial charge in [0.25, 0.3) is 0 Å². The molecule has 3 nitrogen and oxygen atoms in total. The summed E-state index contributed by atoms with van der Waals surface area (Å²) in [5.41, 5.74) is 5.49. The minimum Gasteiger partial charge on any atom is -0.463 e. The summed E-state index contributed by atoms with van der Waals surface area (Å²) in [6.45, 7) is 3.64. The molecule has 84 valence electrons. The van der Waals surface area contributed by atoms with Gasteiger partial charge in [-0.25, -0.2) is 0 Å². The van der Waals surface area contributed by atoms with Gasteiger partial charge in [0.15, 0.2) is 0 Å². The van der Waals surface area contributed by atoms with Gasteiger partial charge in [0.05, 0.1) is 13.1 Å². The summed E-state index contributed by atoms with van der Waals surface area (Å²) in [5.74, 6) is 2.74. The summed E-state index contributed by atoms with van der Waals surface area (Å²) in [6.07, 6.45) is 3.94. The van der Waals surface area contributed by atoms with Gasteiger partial charge >= 0.3 is 0 Å². The predicted octanol–water partition coefficient (Wildman–Crippen LogP) is 2.02. The Balaban J connectivity index is 1.77. The second kappa shape index (κ2) is 4.81. The number of hydrogen-bond donors (Lipinski definition) is 2. The van der Waals surface area contributed by atoms with Crippen molar-refractivity contribution >= 4 is 0 Å². The lowest BCUT2D eigenvalue weighted by Crippen LogP contribution is -2.25. The molecule has 0 aliphatic heterocycles. The Kier molecular flexibility index (Phi) is 3.44. The van der Waals surface area contributed by atoms with Crippen LogP contribution >= 0.6 is 0 Å². The van der Waals surface area contributed by atoms with E-state index in [4.69, 9.17) is 10.2 Å². The maximum absolute atomic E-state index is 5.53. The lowest BCUT2D eigenvalue weighted by atomic mass is 10.1. The van der Waals surface area contributed by atoms with Gasteiger partial charge in [0.1, 0.15) is 11.5 Å². The molecular formula is C12H20N2O. The second-order valence-corrected chi connectivity index (χ2v) is 4.57. The van der Waals surface area contributed by atoms with Gasteiger partial charge in [-0.1, -0.05) is 6.92 Å². The lowest BCUT2D eigenvalue weighted by Gasteiger charge is -2.10. The maximum atomic E-state index is 5.53. The van der Waals surface area contributed by atoms with Crippen LogP contribution in [-0.4, -0.2) is 6.04 Å². The molecule has 2 rings (SSSR count). The van der Waals surface area contributed by atoms with Crippen LogP contribution in [-0.2, 0) is 13.1 Å². The molecule has 0 radical (unpaired) electrons. The van der Waals surface area contributed by atoms with Gasteiger partial charge in [-0.2, -0.15) is 0 Å². The highest BCUT2D eigenvalue weighted by Gasteiger charge is 2.20. The quantitative estimate of drug-likeness (QED) is 0.796. The van der Waals surface area contributed by atoms with E-state index in [0.717, 1.165) is 24.0 Å². The number of hydrogen-bond acceptors (Lipinski definition) is 3. The third-order valence-corrected chi connectivity index (χ3v) is 3.18. The van der Waals surface area contributed by atoms with Crippen LogP contribution in [0, 0.1) is 5.92 Å². The van der Waals surface area contributed by atoms with Crippen molar-refractivity contribution in [3.8, 4) is 0 Å². The van der Waals surface area contributed by atoms with Gasteiger partial charge in [-0.3, -0.25) is 0 Å². The van der Waals surface area contributed by atoms with Crippen LogP contribution in [0.4, 0.5) is 0 Å². The highest BCUT2D eigenvalue weighted by atomic mass is 16.3. The van der Waals surface area contributed by atoms with Gasteiger partial charge in [-0.15, -0.1) is 0 Å². The Labute approximate surface area is 91.0 Å². The van der Waals surface area contributed by atoms with E-state index in [-0.39, 0.29) is 0 Å². The van der Waals surface area contributed by atoms with E-state index in [2.05, 4.69) is 12.2 Å². The van der Waals surface area contributed by atoms with Crippen LogP contribution in [0.15, 0.2) is 16.5 Å². The van der Waals surface area contributed by atoms with Crippen molar-refractivity contribution in [2.75, 3.05) is 0 Å². The molecule has 1 aromatic heterocycles. The Bertz CT molecular complexity index is 308. The molecule has 2 atom stereocenters. The van der Waals surface area contributed by atoms with Crippen molar-refractivity contribution in [2.24, 2.45) is 11.7 Å². The summed E-state index contributed by atoms with van der Waals surface area (Å²) >= 11 is 0. The first-order valence-corrected chi connectivity index (χ1v) is 5.79. The number of nitrogens with two attached hydrogens (primary N) is 1. The van der Waals surface area contributed by atoms with Crippen molar-refractivity contribution in [3.05, 3.63) is 23.7 Å². The standard InChI is InChI=1S/C12H20N2O/c1-9-2-3-10(6-9)14-8-12-5-4-11(7-13)15-12/h4-5,9-10,14H,2-3,6-8,13H2,1H3. The predicted molar refractivity (Wildman–Crippen MR) is 60.2 cm³/mol. The van der Waals surface area contributed by atoms with E-state index in [9.17, 15) is 0 Å². The van der Waals surface area contributed by atoms with E-state index < -0.39 is 0 Å². The summed E-state index contributed by atoms with van der Waals surface area (Å²) in [4.78, 5) is 0. The molecule has 3 N–H and O–H groups in total. The summed E-state index contributed by atoms with van der Waals surface area (Å²) in [6, 6.07) is 4.63. The zero-order chi connectivity index (χ0) is 10.7. The van der Waals surface area contributed by atoms with Crippen LogP contribution in [0.3, 0.4) is 0 Å². The van der Waals surface area contributed by atoms with Crippen molar-refractivity contribution in [1.29, 1.82) is 0 Å². The number of furan rings is 1. The average Bonchev–Trinajstić information content (AvgIpc) is 2.83. The van der Waals surface area contributed by atoms with Crippen LogP contribution in [0.25, 0.3) is 0 Å². The minimum absolute atomic E-state index is 0.487. The van der Waals surface area contributed by atoms with E-state index in [0.29, 0.717) is 12.6 Å². The second-order valence-electron chi connectivity index (χ2n) is 4.57. The number of nitrogens with one attached hydrogen (secondary N) is 1. The lowest BCUT2D eigenvalue weighted by molar-refractivity contribution is 0.420. The molecule has 1 aromatic rings. The van der Waals surface area contributed by atoms with Crippen LogP contribution in [0.5, 0.6) is 0 Å². The Morgan fingerprint density at radius 1 is 1.40 bits per heavy atom. The highest BCUT2D eigenvalue weighted by Crippen LogP contribution is 2.24. The first-order valence-electron chi connectivity index (χ1n) is 5.79. The number of rotatable bonds is 4. The smallest absolute Gasteiger partial charge is 0.118 e. The molecule has 0 bridgehead atoms. The molecule has 2 unspecified atom stereocenters. The van der Waals surface area contributed by atoms with Gasteiger partial charge in [0, 0.05) is 6.04 Å². The fourth-order valence-electron chi connectivity index (χ4n) is 2.26. The van der Waals surface area contributed by atoms with Crippen LogP contribution in [0.1, 0.15) is 37.7 Å². The summed E-state index contributed by atoms with van der Waals surface area (Å²) < 4.78 is 5.53. The molecule has 1 fully saturated rings. The zero-order valence-electron chi connectivity index (χ0n) is 9.33. The minimum atomic E-state index is 0.487.